The highest BCUT2D eigenvalue weighted by Crippen LogP contribution is 2.14. The second kappa shape index (κ2) is 6.71. The van der Waals surface area contributed by atoms with E-state index in [4.69, 9.17) is 0 Å². The summed E-state index contributed by atoms with van der Waals surface area (Å²) in [6, 6.07) is 6.34. The molecule has 0 saturated carbocycles. The number of ether oxygens (including phenoxy) is 1. The Kier molecular flexibility index (Phi) is 5.58. The molecule has 1 rings (SSSR count). The molecule has 17 heavy (non-hydrogen) atoms. The summed E-state index contributed by atoms with van der Waals surface area (Å²) in [5.41, 5.74) is 0.842. The first-order valence-electron chi connectivity index (χ1n) is 5.25. The van der Waals surface area contributed by atoms with Gasteiger partial charge in [-0.05, 0) is 24.6 Å². The second-order valence-corrected chi connectivity index (χ2v) is 4.78. The second-order valence-electron chi connectivity index (χ2n) is 3.68. The maximum atomic E-state index is 13.0. The van der Waals surface area contributed by atoms with Crippen molar-refractivity contribution in [2.45, 2.75) is 17.8 Å². The van der Waals surface area contributed by atoms with E-state index in [2.05, 4.69) is 26.0 Å². The largest absolute Gasteiger partial charge is 0.468 e. The minimum absolute atomic E-state index is 0.0320. The Morgan fingerprint density at radius 1 is 1.59 bits per heavy atom. The molecule has 0 heterocycles. The predicted molar refractivity (Wildman–Crippen MR) is 67.5 cm³/mol. The monoisotopic (exact) mass is 303 g/mol. The van der Waals surface area contributed by atoms with Gasteiger partial charge in [-0.2, -0.15) is 0 Å². The highest BCUT2D eigenvalue weighted by atomic mass is 79.9. The summed E-state index contributed by atoms with van der Waals surface area (Å²) in [6.07, 6.45) is 0. The first kappa shape index (κ1) is 14.1. The van der Waals surface area contributed by atoms with E-state index in [0.717, 1.165) is 5.56 Å². The van der Waals surface area contributed by atoms with Crippen molar-refractivity contribution in [1.29, 1.82) is 0 Å². The summed E-state index contributed by atoms with van der Waals surface area (Å²) in [7, 11) is 1.34. The normalized spacial score (nSPS) is 14.1. The molecular formula is C12H15BrFNO2. The van der Waals surface area contributed by atoms with Gasteiger partial charge >= 0.3 is 5.97 Å². The zero-order valence-electron chi connectivity index (χ0n) is 9.74. The molecule has 1 unspecified atom stereocenters. The highest BCUT2D eigenvalue weighted by molar-refractivity contribution is 9.10. The van der Waals surface area contributed by atoms with Crippen molar-refractivity contribution in [3.8, 4) is 0 Å². The molecule has 0 amide bonds. The highest BCUT2D eigenvalue weighted by Gasteiger charge is 2.16. The van der Waals surface area contributed by atoms with Crippen LogP contribution in [0.3, 0.4) is 0 Å². The minimum Gasteiger partial charge on any atom is -0.468 e. The first-order valence-corrected chi connectivity index (χ1v) is 6.17. The zero-order valence-corrected chi connectivity index (χ0v) is 11.3. The van der Waals surface area contributed by atoms with Crippen molar-refractivity contribution in [2.75, 3.05) is 13.7 Å². The Bertz CT molecular complexity index is 387. The van der Waals surface area contributed by atoms with Crippen molar-refractivity contribution in [3.63, 3.8) is 0 Å². The molecule has 5 heteroatoms. The quantitative estimate of drug-likeness (QED) is 0.670. The average molecular weight is 304 g/mol. The number of rotatable bonds is 5. The Morgan fingerprint density at radius 3 is 2.88 bits per heavy atom. The van der Waals surface area contributed by atoms with Crippen molar-refractivity contribution >= 4 is 21.9 Å². The number of nitrogens with one attached hydrogen (secondary N) is 1. The number of carbonyl (C=O) groups is 1. The van der Waals surface area contributed by atoms with E-state index < -0.39 is 4.83 Å². The third-order valence-electron chi connectivity index (χ3n) is 2.41. The van der Waals surface area contributed by atoms with Crippen LogP contribution in [0.5, 0.6) is 0 Å². The summed E-state index contributed by atoms with van der Waals surface area (Å²) in [4.78, 5) is 10.7. The summed E-state index contributed by atoms with van der Waals surface area (Å²) >= 11 is 3.21. The number of methoxy groups -OCH3 is 1. The van der Waals surface area contributed by atoms with E-state index in [1.165, 1.54) is 19.2 Å². The Labute approximate surface area is 108 Å². The van der Waals surface area contributed by atoms with Gasteiger partial charge in [-0.15, -0.1) is 0 Å². The SMILES string of the molecule is COC(=O)C(Br)CN[C@@H](C)c1cccc(F)c1. The van der Waals surface area contributed by atoms with Gasteiger partial charge in [-0.1, -0.05) is 28.1 Å². The Hall–Kier alpha value is -0.940. The molecule has 0 saturated heterocycles. The lowest BCUT2D eigenvalue weighted by Crippen LogP contribution is -2.31. The number of hydrogen-bond acceptors (Lipinski definition) is 3. The average Bonchev–Trinajstić information content (AvgIpc) is 2.34. The summed E-state index contributed by atoms with van der Waals surface area (Å²) in [5, 5.41) is 3.13. The third-order valence-corrected chi connectivity index (χ3v) is 3.11. The van der Waals surface area contributed by atoms with E-state index in [9.17, 15) is 9.18 Å². The lowest BCUT2D eigenvalue weighted by atomic mass is 10.1. The maximum absolute atomic E-state index is 13.0. The predicted octanol–water partition coefficient (Wildman–Crippen LogP) is 2.41. The van der Waals surface area contributed by atoms with E-state index in [1.54, 1.807) is 6.07 Å². The summed E-state index contributed by atoms with van der Waals surface area (Å²) < 4.78 is 17.6. The molecule has 0 aliphatic carbocycles. The molecule has 3 nitrogen and oxygen atoms in total. The smallest absolute Gasteiger partial charge is 0.320 e. The lowest BCUT2D eigenvalue weighted by Gasteiger charge is -2.16. The molecule has 0 aliphatic heterocycles. The van der Waals surface area contributed by atoms with Crippen LogP contribution in [0.25, 0.3) is 0 Å². The number of esters is 1. The minimum atomic E-state index is -0.400. The zero-order chi connectivity index (χ0) is 12.8. The van der Waals surface area contributed by atoms with E-state index in [-0.39, 0.29) is 17.8 Å². The van der Waals surface area contributed by atoms with Gasteiger partial charge < -0.3 is 10.1 Å². The van der Waals surface area contributed by atoms with Gasteiger partial charge in [0.1, 0.15) is 10.6 Å². The van der Waals surface area contributed by atoms with Gasteiger partial charge in [0.2, 0.25) is 0 Å². The molecular weight excluding hydrogens is 289 g/mol. The van der Waals surface area contributed by atoms with Gasteiger partial charge in [0.05, 0.1) is 7.11 Å². The van der Waals surface area contributed by atoms with Crippen LogP contribution in [0, 0.1) is 5.82 Å². The first-order chi connectivity index (χ1) is 8.04. The number of halogens is 2. The molecule has 2 atom stereocenters. The van der Waals surface area contributed by atoms with Gasteiger partial charge in [0.25, 0.3) is 0 Å². The molecule has 1 N–H and O–H groups in total. The van der Waals surface area contributed by atoms with Crippen LogP contribution in [-0.2, 0) is 9.53 Å². The molecule has 0 aromatic heterocycles. The van der Waals surface area contributed by atoms with Crippen molar-refractivity contribution < 1.29 is 13.9 Å². The Morgan fingerprint density at radius 2 is 2.29 bits per heavy atom. The summed E-state index contributed by atoms with van der Waals surface area (Å²) in [5.74, 6) is -0.594. The van der Waals surface area contributed by atoms with Crippen LogP contribution in [0.2, 0.25) is 0 Å². The maximum Gasteiger partial charge on any atom is 0.320 e. The fourth-order valence-electron chi connectivity index (χ4n) is 1.39. The van der Waals surface area contributed by atoms with E-state index >= 15 is 0 Å². The van der Waals surface area contributed by atoms with Crippen LogP contribution in [0.15, 0.2) is 24.3 Å². The molecule has 0 fully saturated rings. The van der Waals surface area contributed by atoms with Gasteiger partial charge in [0, 0.05) is 12.6 Å². The summed E-state index contributed by atoms with van der Waals surface area (Å²) in [6.45, 7) is 2.33. The van der Waals surface area contributed by atoms with E-state index in [1.807, 2.05) is 13.0 Å². The number of carbonyl (C=O) groups excluding carboxylic acids is 1. The fraction of sp³-hybridized carbons (Fsp3) is 0.417. The molecule has 0 aliphatic rings. The van der Waals surface area contributed by atoms with Crippen molar-refractivity contribution in [2.24, 2.45) is 0 Å². The van der Waals surface area contributed by atoms with Crippen LogP contribution < -0.4 is 5.32 Å². The fourth-order valence-corrected chi connectivity index (χ4v) is 1.76. The number of alkyl halides is 1. The van der Waals surface area contributed by atoms with Crippen LogP contribution in [0.4, 0.5) is 4.39 Å². The lowest BCUT2D eigenvalue weighted by molar-refractivity contribution is -0.139. The number of hydrogen-bond donors (Lipinski definition) is 1. The van der Waals surface area contributed by atoms with Crippen LogP contribution >= 0.6 is 15.9 Å². The topological polar surface area (TPSA) is 38.3 Å². The molecule has 94 valence electrons. The van der Waals surface area contributed by atoms with Gasteiger partial charge in [-0.3, -0.25) is 4.79 Å². The molecule has 0 spiro atoms. The van der Waals surface area contributed by atoms with Crippen LogP contribution in [-0.4, -0.2) is 24.5 Å². The molecule has 0 bridgehead atoms. The van der Waals surface area contributed by atoms with Crippen molar-refractivity contribution in [1.82, 2.24) is 5.32 Å². The van der Waals surface area contributed by atoms with E-state index in [0.29, 0.717) is 6.54 Å². The third kappa shape index (κ3) is 4.44. The van der Waals surface area contributed by atoms with Crippen molar-refractivity contribution in [3.05, 3.63) is 35.6 Å². The molecule has 1 aromatic carbocycles. The Balaban J connectivity index is 2.50. The van der Waals surface area contributed by atoms with Gasteiger partial charge in [-0.25, -0.2) is 4.39 Å². The van der Waals surface area contributed by atoms with Crippen LogP contribution in [0.1, 0.15) is 18.5 Å². The molecule has 1 aromatic rings. The standard InChI is InChI=1S/C12H15BrFNO2/c1-8(9-4-3-5-10(14)6-9)15-7-11(13)12(16)17-2/h3-6,8,11,15H,7H2,1-2H3/t8-,11?/m0/s1. The molecule has 0 radical (unpaired) electrons. The number of benzene rings is 1. The van der Waals surface area contributed by atoms with Gasteiger partial charge in [0.15, 0.2) is 0 Å².